The van der Waals surface area contributed by atoms with Crippen molar-refractivity contribution in [2.24, 2.45) is 29.1 Å². The molecule has 1 aromatic carbocycles. The summed E-state index contributed by atoms with van der Waals surface area (Å²) in [6, 6.07) is 5.09. The molecular weight excluding hydrogens is 370 g/mol. The summed E-state index contributed by atoms with van der Waals surface area (Å²) in [7, 11) is 0. The van der Waals surface area contributed by atoms with Crippen LogP contribution in [0, 0.1) is 39.2 Å². The van der Waals surface area contributed by atoms with Gasteiger partial charge in [0.25, 0.3) is 5.69 Å². The highest BCUT2D eigenvalue weighted by Crippen LogP contribution is 2.60. The first-order valence-electron chi connectivity index (χ1n) is 10.6. The van der Waals surface area contributed by atoms with Gasteiger partial charge in [-0.05, 0) is 74.3 Å². The van der Waals surface area contributed by atoms with Gasteiger partial charge >= 0.3 is 0 Å². The second kappa shape index (κ2) is 7.43. The highest BCUT2D eigenvalue weighted by Gasteiger charge is 2.55. The minimum atomic E-state index is -0.634. The number of carbonyl (C=O) groups is 2. The summed E-state index contributed by atoms with van der Waals surface area (Å²) in [5.74, 6) is 1.68. The zero-order valence-corrected chi connectivity index (χ0v) is 17.0. The van der Waals surface area contributed by atoms with Crippen molar-refractivity contribution >= 4 is 23.2 Å². The van der Waals surface area contributed by atoms with Crippen molar-refractivity contribution in [3.63, 3.8) is 0 Å². The number of hydrogen-bond acceptors (Lipinski definition) is 4. The predicted molar refractivity (Wildman–Crippen MR) is 109 cm³/mol. The third-order valence-corrected chi connectivity index (χ3v) is 7.10. The van der Waals surface area contributed by atoms with Crippen LogP contribution in [0.1, 0.15) is 52.4 Å². The largest absolute Gasteiger partial charge is 0.344 e. The lowest BCUT2D eigenvalue weighted by Crippen LogP contribution is -2.57. The fraction of sp³-hybridized carbons (Fsp3) is 0.636. The van der Waals surface area contributed by atoms with E-state index in [2.05, 4.69) is 10.6 Å². The minimum Gasteiger partial charge on any atom is -0.344 e. The van der Waals surface area contributed by atoms with Crippen LogP contribution in [0.3, 0.4) is 0 Å². The summed E-state index contributed by atoms with van der Waals surface area (Å²) < 4.78 is 0. The van der Waals surface area contributed by atoms with Gasteiger partial charge in [-0.3, -0.25) is 19.7 Å². The third-order valence-electron chi connectivity index (χ3n) is 7.10. The van der Waals surface area contributed by atoms with Gasteiger partial charge < -0.3 is 10.6 Å². The molecule has 4 saturated carbocycles. The SMILES string of the molecule is CC(C)C(NC(=O)C12CC3CC(CC(C3)C1)C2)C(=O)Nc1ccc([N+](=O)[O-])cc1. The van der Waals surface area contributed by atoms with Crippen molar-refractivity contribution in [2.75, 3.05) is 5.32 Å². The van der Waals surface area contributed by atoms with E-state index in [1.54, 1.807) is 0 Å². The number of hydrogen-bond donors (Lipinski definition) is 2. The van der Waals surface area contributed by atoms with Gasteiger partial charge in [0.1, 0.15) is 6.04 Å². The molecule has 1 unspecified atom stereocenters. The number of benzene rings is 1. The summed E-state index contributed by atoms with van der Waals surface area (Å²) >= 11 is 0. The van der Waals surface area contributed by atoms with Crippen molar-refractivity contribution < 1.29 is 14.5 Å². The Morgan fingerprint density at radius 3 is 2.00 bits per heavy atom. The summed E-state index contributed by atoms with van der Waals surface area (Å²) in [5.41, 5.74) is 0.157. The quantitative estimate of drug-likeness (QED) is 0.560. The van der Waals surface area contributed by atoms with Gasteiger partial charge in [-0.1, -0.05) is 13.8 Å². The molecule has 0 radical (unpaired) electrons. The van der Waals surface area contributed by atoms with Gasteiger partial charge in [0.05, 0.1) is 4.92 Å². The van der Waals surface area contributed by atoms with Crippen molar-refractivity contribution in [2.45, 2.75) is 58.4 Å². The molecule has 1 atom stereocenters. The first-order chi connectivity index (χ1) is 13.8. The maximum atomic E-state index is 13.3. The van der Waals surface area contributed by atoms with Gasteiger partial charge in [-0.25, -0.2) is 0 Å². The van der Waals surface area contributed by atoms with Crippen LogP contribution in [0.4, 0.5) is 11.4 Å². The average Bonchev–Trinajstić information content (AvgIpc) is 2.64. The number of non-ortho nitro benzene ring substituents is 1. The number of amides is 2. The zero-order valence-electron chi connectivity index (χ0n) is 17.0. The van der Waals surface area contributed by atoms with E-state index in [-0.39, 0.29) is 28.8 Å². The second-order valence-electron chi connectivity index (χ2n) is 9.69. The lowest BCUT2D eigenvalue weighted by molar-refractivity contribution is -0.384. The fourth-order valence-corrected chi connectivity index (χ4v) is 6.10. The Morgan fingerprint density at radius 2 is 1.55 bits per heavy atom. The van der Waals surface area contributed by atoms with E-state index in [1.807, 2.05) is 13.8 Å². The van der Waals surface area contributed by atoms with Crippen LogP contribution in [0.15, 0.2) is 24.3 Å². The molecule has 7 heteroatoms. The molecule has 0 heterocycles. The Bertz CT molecular complexity index is 783. The maximum Gasteiger partial charge on any atom is 0.269 e. The van der Waals surface area contributed by atoms with Gasteiger partial charge in [0.2, 0.25) is 11.8 Å². The third kappa shape index (κ3) is 3.87. The molecule has 0 aromatic heterocycles. The smallest absolute Gasteiger partial charge is 0.269 e. The molecular formula is C22H29N3O4. The van der Waals surface area contributed by atoms with Crippen molar-refractivity contribution in [1.82, 2.24) is 5.32 Å². The molecule has 2 N–H and O–H groups in total. The van der Waals surface area contributed by atoms with Gasteiger partial charge in [0, 0.05) is 23.2 Å². The highest BCUT2D eigenvalue weighted by molar-refractivity contribution is 5.98. The Hall–Kier alpha value is -2.44. The molecule has 156 valence electrons. The topological polar surface area (TPSA) is 101 Å². The molecule has 7 nitrogen and oxygen atoms in total. The molecule has 4 aliphatic rings. The molecule has 0 spiro atoms. The van der Waals surface area contributed by atoms with Crippen LogP contribution >= 0.6 is 0 Å². The normalized spacial score (nSPS) is 30.8. The Balaban J connectivity index is 1.44. The molecule has 29 heavy (non-hydrogen) atoms. The number of anilines is 1. The summed E-state index contributed by atoms with van der Waals surface area (Å²) in [4.78, 5) is 36.5. The molecule has 2 amide bonds. The van der Waals surface area contributed by atoms with Gasteiger partial charge in [0.15, 0.2) is 0 Å². The molecule has 4 fully saturated rings. The van der Waals surface area contributed by atoms with Crippen LogP contribution in [-0.4, -0.2) is 22.8 Å². The second-order valence-corrected chi connectivity index (χ2v) is 9.69. The Labute approximate surface area is 170 Å². The molecule has 0 saturated heterocycles. The first kappa shape index (κ1) is 19.9. The lowest BCUT2D eigenvalue weighted by Gasteiger charge is -2.55. The molecule has 0 aliphatic heterocycles. The average molecular weight is 399 g/mol. The van der Waals surface area contributed by atoms with Crippen LogP contribution in [0.2, 0.25) is 0 Å². The van der Waals surface area contributed by atoms with Crippen LogP contribution in [0.5, 0.6) is 0 Å². The number of nitrogens with zero attached hydrogens (tertiary/aromatic N) is 1. The lowest BCUT2D eigenvalue weighted by atomic mass is 9.49. The van der Waals surface area contributed by atoms with Crippen LogP contribution < -0.4 is 10.6 Å². The molecule has 4 aliphatic carbocycles. The van der Waals surface area contributed by atoms with Crippen molar-refractivity contribution in [1.29, 1.82) is 0 Å². The number of nitro groups is 1. The standard InChI is InChI=1S/C22H29N3O4/c1-13(2)19(20(26)23-17-3-5-18(6-4-17)25(28)29)24-21(27)22-10-14-7-15(11-22)9-16(8-14)12-22/h3-6,13-16,19H,7-12H2,1-2H3,(H,23,26)(H,24,27). The summed E-state index contributed by atoms with van der Waals surface area (Å²) in [6.07, 6.45) is 6.67. The molecule has 5 rings (SSSR count). The Kier molecular flexibility index (Phi) is 5.09. The minimum absolute atomic E-state index is 0.0291. The maximum absolute atomic E-state index is 13.3. The van der Waals surface area contributed by atoms with E-state index in [4.69, 9.17) is 0 Å². The first-order valence-corrected chi connectivity index (χ1v) is 10.6. The molecule has 4 bridgehead atoms. The predicted octanol–water partition coefficient (Wildman–Crippen LogP) is 3.89. The van der Waals surface area contributed by atoms with Crippen LogP contribution in [0.25, 0.3) is 0 Å². The highest BCUT2D eigenvalue weighted by atomic mass is 16.6. The van der Waals surface area contributed by atoms with Gasteiger partial charge in [-0.2, -0.15) is 0 Å². The van der Waals surface area contributed by atoms with E-state index >= 15 is 0 Å². The Morgan fingerprint density at radius 1 is 1.03 bits per heavy atom. The zero-order chi connectivity index (χ0) is 20.8. The van der Waals surface area contributed by atoms with E-state index in [1.165, 1.54) is 43.5 Å². The number of rotatable bonds is 6. The van der Waals surface area contributed by atoms with Gasteiger partial charge in [-0.15, -0.1) is 0 Å². The number of carbonyl (C=O) groups excluding carboxylic acids is 2. The fourth-order valence-electron chi connectivity index (χ4n) is 6.10. The van der Waals surface area contributed by atoms with E-state index in [0.717, 1.165) is 19.3 Å². The van der Waals surface area contributed by atoms with Crippen molar-refractivity contribution in [3.05, 3.63) is 34.4 Å². The number of nitrogens with one attached hydrogen (secondary N) is 2. The monoisotopic (exact) mass is 399 g/mol. The van der Waals surface area contributed by atoms with E-state index in [0.29, 0.717) is 23.4 Å². The van der Waals surface area contributed by atoms with E-state index in [9.17, 15) is 19.7 Å². The summed E-state index contributed by atoms with van der Waals surface area (Å²) in [5, 5.41) is 16.6. The molecule has 1 aromatic rings. The summed E-state index contributed by atoms with van der Waals surface area (Å²) in [6.45, 7) is 3.83. The number of nitro benzene ring substituents is 1. The van der Waals surface area contributed by atoms with Crippen LogP contribution in [-0.2, 0) is 9.59 Å². The van der Waals surface area contributed by atoms with E-state index < -0.39 is 11.0 Å². The van der Waals surface area contributed by atoms with Crippen molar-refractivity contribution in [3.8, 4) is 0 Å².